The lowest BCUT2D eigenvalue weighted by molar-refractivity contribution is -0.129. The Hall–Kier alpha value is -1.12. The van der Waals surface area contributed by atoms with Crippen molar-refractivity contribution in [3.8, 4) is 0 Å². The number of allylic oxidation sites excluding steroid dienone is 1. The van der Waals surface area contributed by atoms with Crippen LogP contribution >= 0.6 is 0 Å². The van der Waals surface area contributed by atoms with Gasteiger partial charge < -0.3 is 5.32 Å². The van der Waals surface area contributed by atoms with E-state index in [1.165, 1.54) is 6.92 Å². The predicted molar refractivity (Wildman–Crippen MR) is 40.7 cm³/mol. The second-order valence-corrected chi connectivity index (χ2v) is 2.87. The first kappa shape index (κ1) is 7.98. The molecule has 60 valence electrons. The fourth-order valence-corrected chi connectivity index (χ4v) is 1.18. The fourth-order valence-electron chi connectivity index (χ4n) is 1.18. The van der Waals surface area contributed by atoms with Gasteiger partial charge in [0.15, 0.2) is 0 Å². The highest BCUT2D eigenvalue weighted by atomic mass is 16.2. The fraction of sp³-hybridized carbons (Fsp3) is 0.500. The van der Waals surface area contributed by atoms with E-state index in [2.05, 4.69) is 11.9 Å². The van der Waals surface area contributed by atoms with E-state index in [1.807, 2.05) is 0 Å². The second kappa shape index (κ2) is 2.86. The van der Waals surface area contributed by atoms with Crippen LogP contribution in [0.3, 0.4) is 0 Å². The standard InChI is InChI=1S/C8H11NO2/c1-5-3-7(6(2)10)4-8(11)9-5/h7H,1,3-4H2,2H3,(H,9,11). The first-order valence-electron chi connectivity index (χ1n) is 3.57. The minimum absolute atomic E-state index is 0.0704. The summed E-state index contributed by atoms with van der Waals surface area (Å²) in [5, 5.41) is 2.58. The van der Waals surface area contributed by atoms with Crippen molar-refractivity contribution in [2.45, 2.75) is 19.8 Å². The molecule has 1 aliphatic rings. The summed E-state index contributed by atoms with van der Waals surface area (Å²) in [5.41, 5.74) is 0.654. The first-order valence-corrected chi connectivity index (χ1v) is 3.57. The Kier molecular flexibility index (Phi) is 2.08. The zero-order valence-electron chi connectivity index (χ0n) is 6.52. The summed E-state index contributed by atoms with van der Waals surface area (Å²) in [6, 6.07) is 0. The summed E-state index contributed by atoms with van der Waals surface area (Å²) >= 11 is 0. The third kappa shape index (κ3) is 1.90. The molecule has 1 heterocycles. The van der Waals surface area contributed by atoms with E-state index in [9.17, 15) is 9.59 Å². The van der Waals surface area contributed by atoms with Gasteiger partial charge in [0, 0.05) is 18.0 Å². The van der Waals surface area contributed by atoms with E-state index in [4.69, 9.17) is 0 Å². The molecule has 3 heteroatoms. The van der Waals surface area contributed by atoms with Crippen molar-refractivity contribution in [2.75, 3.05) is 0 Å². The summed E-state index contributed by atoms with van der Waals surface area (Å²) in [6.07, 6.45) is 0.912. The van der Waals surface area contributed by atoms with Crippen molar-refractivity contribution in [2.24, 2.45) is 5.92 Å². The van der Waals surface area contributed by atoms with E-state index in [-0.39, 0.29) is 17.6 Å². The molecule has 1 amide bonds. The highest BCUT2D eigenvalue weighted by Gasteiger charge is 2.24. The van der Waals surface area contributed by atoms with Gasteiger partial charge in [0.05, 0.1) is 0 Å². The number of piperidine rings is 1. The normalized spacial score (nSPS) is 24.6. The molecule has 0 aromatic rings. The molecule has 3 nitrogen and oxygen atoms in total. The molecule has 0 spiro atoms. The number of ketones is 1. The van der Waals surface area contributed by atoms with Crippen molar-refractivity contribution in [3.05, 3.63) is 12.3 Å². The number of Topliss-reactive ketones (excluding diaryl/α,β-unsaturated/α-hetero) is 1. The maximum absolute atomic E-state index is 10.9. The summed E-state index contributed by atoms with van der Waals surface area (Å²) in [4.78, 5) is 21.7. The summed E-state index contributed by atoms with van der Waals surface area (Å²) in [6.45, 7) is 5.12. The average molecular weight is 153 g/mol. The van der Waals surface area contributed by atoms with E-state index >= 15 is 0 Å². The monoisotopic (exact) mass is 153 g/mol. The molecule has 1 unspecified atom stereocenters. The van der Waals surface area contributed by atoms with Crippen molar-refractivity contribution < 1.29 is 9.59 Å². The number of carbonyl (C=O) groups is 2. The molecule has 0 radical (unpaired) electrons. The topological polar surface area (TPSA) is 46.2 Å². The van der Waals surface area contributed by atoms with Gasteiger partial charge in [-0.2, -0.15) is 0 Å². The van der Waals surface area contributed by atoms with Crippen LogP contribution in [0.25, 0.3) is 0 Å². The van der Waals surface area contributed by atoms with Gasteiger partial charge in [-0.05, 0) is 13.3 Å². The Morgan fingerprint density at radius 3 is 2.73 bits per heavy atom. The van der Waals surface area contributed by atoms with Crippen LogP contribution in [0.5, 0.6) is 0 Å². The maximum atomic E-state index is 10.9. The van der Waals surface area contributed by atoms with Crippen LogP contribution in [-0.4, -0.2) is 11.7 Å². The molecule has 1 fully saturated rings. The molecule has 1 N–H and O–H groups in total. The Labute approximate surface area is 65.5 Å². The van der Waals surface area contributed by atoms with E-state index in [0.717, 1.165) is 0 Å². The highest BCUT2D eigenvalue weighted by molar-refractivity contribution is 5.88. The van der Waals surface area contributed by atoms with Crippen molar-refractivity contribution in [3.63, 3.8) is 0 Å². The third-order valence-electron chi connectivity index (χ3n) is 1.82. The number of hydrogen-bond acceptors (Lipinski definition) is 2. The molecule has 0 bridgehead atoms. The third-order valence-corrected chi connectivity index (χ3v) is 1.82. The van der Waals surface area contributed by atoms with Crippen molar-refractivity contribution in [1.29, 1.82) is 0 Å². The lowest BCUT2D eigenvalue weighted by Crippen LogP contribution is -2.33. The minimum atomic E-state index is -0.142. The van der Waals surface area contributed by atoms with Crippen LogP contribution in [-0.2, 0) is 9.59 Å². The predicted octanol–water partition coefficient (Wildman–Crippen LogP) is 0.615. The maximum Gasteiger partial charge on any atom is 0.224 e. The van der Waals surface area contributed by atoms with Gasteiger partial charge in [0.1, 0.15) is 5.78 Å². The Bertz CT molecular complexity index is 204. The largest absolute Gasteiger partial charge is 0.330 e. The number of nitrogens with one attached hydrogen (secondary N) is 1. The van der Waals surface area contributed by atoms with Crippen LogP contribution in [0.15, 0.2) is 12.3 Å². The molecule has 0 saturated carbocycles. The molecule has 0 aromatic heterocycles. The molecule has 0 aliphatic carbocycles. The smallest absolute Gasteiger partial charge is 0.224 e. The van der Waals surface area contributed by atoms with Gasteiger partial charge in [-0.15, -0.1) is 0 Å². The summed E-state index contributed by atoms with van der Waals surface area (Å²) in [7, 11) is 0. The molecule has 1 saturated heterocycles. The summed E-state index contributed by atoms with van der Waals surface area (Å²) < 4.78 is 0. The van der Waals surface area contributed by atoms with Crippen molar-refractivity contribution in [1.82, 2.24) is 5.32 Å². The SMILES string of the molecule is C=C1CC(C(C)=O)CC(=O)N1. The first-order chi connectivity index (χ1) is 5.09. The van der Waals surface area contributed by atoms with Gasteiger partial charge in [-0.25, -0.2) is 0 Å². The number of rotatable bonds is 1. The van der Waals surface area contributed by atoms with Crippen LogP contribution in [0.4, 0.5) is 0 Å². The van der Waals surface area contributed by atoms with Crippen LogP contribution < -0.4 is 5.32 Å². The second-order valence-electron chi connectivity index (χ2n) is 2.87. The van der Waals surface area contributed by atoms with Gasteiger partial charge in [-0.1, -0.05) is 6.58 Å². The zero-order chi connectivity index (χ0) is 8.43. The van der Waals surface area contributed by atoms with Gasteiger partial charge in [-0.3, -0.25) is 9.59 Å². The molecule has 1 atom stereocenters. The Morgan fingerprint density at radius 2 is 2.27 bits per heavy atom. The lowest BCUT2D eigenvalue weighted by atomic mass is 9.92. The van der Waals surface area contributed by atoms with Gasteiger partial charge in [0.25, 0.3) is 0 Å². The van der Waals surface area contributed by atoms with Crippen LogP contribution in [0.1, 0.15) is 19.8 Å². The molecule has 1 aliphatic heterocycles. The van der Waals surface area contributed by atoms with Crippen LogP contribution in [0, 0.1) is 5.92 Å². The van der Waals surface area contributed by atoms with E-state index in [0.29, 0.717) is 18.5 Å². The number of amides is 1. The lowest BCUT2D eigenvalue weighted by Gasteiger charge is -2.21. The molecular formula is C8H11NO2. The van der Waals surface area contributed by atoms with E-state index < -0.39 is 0 Å². The van der Waals surface area contributed by atoms with Crippen molar-refractivity contribution >= 4 is 11.7 Å². The average Bonchev–Trinajstić information content (AvgIpc) is 1.85. The number of carbonyl (C=O) groups excluding carboxylic acids is 2. The van der Waals surface area contributed by atoms with Crippen LogP contribution in [0.2, 0.25) is 0 Å². The minimum Gasteiger partial charge on any atom is -0.330 e. The zero-order valence-corrected chi connectivity index (χ0v) is 6.52. The Balaban J connectivity index is 2.63. The molecule has 11 heavy (non-hydrogen) atoms. The molecule has 1 rings (SSSR count). The Morgan fingerprint density at radius 1 is 1.64 bits per heavy atom. The van der Waals surface area contributed by atoms with E-state index in [1.54, 1.807) is 0 Å². The molecule has 0 aromatic carbocycles. The van der Waals surface area contributed by atoms with Gasteiger partial charge >= 0.3 is 0 Å². The van der Waals surface area contributed by atoms with Gasteiger partial charge in [0.2, 0.25) is 5.91 Å². The number of hydrogen-bond donors (Lipinski definition) is 1. The summed E-state index contributed by atoms with van der Waals surface area (Å²) in [5.74, 6) is -0.168. The quantitative estimate of drug-likeness (QED) is 0.600. The molecular weight excluding hydrogens is 142 g/mol. The highest BCUT2D eigenvalue weighted by Crippen LogP contribution is 2.18.